The lowest BCUT2D eigenvalue weighted by Crippen LogP contribution is -2.01. The molecule has 0 amide bonds. The molecule has 66 valence electrons. The van der Waals surface area contributed by atoms with E-state index < -0.39 is 0 Å². The van der Waals surface area contributed by atoms with E-state index in [9.17, 15) is 0 Å². The summed E-state index contributed by atoms with van der Waals surface area (Å²) in [6.07, 6.45) is 3.32. The molecule has 1 aromatic rings. The third-order valence-corrected chi connectivity index (χ3v) is 1.61. The summed E-state index contributed by atoms with van der Waals surface area (Å²) in [4.78, 5) is 8.01. The Morgan fingerprint density at radius 2 is 2.25 bits per heavy atom. The van der Waals surface area contributed by atoms with Gasteiger partial charge in [0.1, 0.15) is 6.33 Å². The Bertz CT molecular complexity index is 248. The highest BCUT2D eigenvalue weighted by atomic mass is 16.5. The molecule has 0 fully saturated rings. The molecular formula is C9H14N2O. The maximum absolute atomic E-state index is 5.35. The largest absolute Gasteiger partial charge is 0.478 e. The summed E-state index contributed by atoms with van der Waals surface area (Å²) < 4.78 is 5.35. The van der Waals surface area contributed by atoms with Gasteiger partial charge < -0.3 is 4.74 Å². The molecule has 1 heterocycles. The predicted octanol–water partition coefficient (Wildman–Crippen LogP) is 2.00. The van der Waals surface area contributed by atoms with Crippen LogP contribution in [0, 0.1) is 0 Å². The van der Waals surface area contributed by atoms with E-state index in [-0.39, 0.29) is 0 Å². The van der Waals surface area contributed by atoms with E-state index in [4.69, 9.17) is 4.74 Å². The number of nitrogens with zero attached hydrogens (tertiary/aromatic N) is 2. The Labute approximate surface area is 72.8 Å². The monoisotopic (exact) mass is 166 g/mol. The van der Waals surface area contributed by atoms with Crippen LogP contribution in [0.2, 0.25) is 0 Å². The second-order valence-corrected chi connectivity index (χ2v) is 2.87. The van der Waals surface area contributed by atoms with Gasteiger partial charge >= 0.3 is 0 Å². The third kappa shape index (κ3) is 1.94. The van der Waals surface area contributed by atoms with Crippen LogP contribution in [-0.2, 0) is 0 Å². The molecule has 0 aromatic carbocycles. The SMILES string of the molecule is CCOc1ncncc1C(C)C. The maximum atomic E-state index is 5.35. The van der Waals surface area contributed by atoms with Crippen molar-refractivity contribution in [3.63, 3.8) is 0 Å². The van der Waals surface area contributed by atoms with Gasteiger partial charge in [0.25, 0.3) is 0 Å². The molecule has 1 aromatic heterocycles. The van der Waals surface area contributed by atoms with Crippen LogP contribution in [0.4, 0.5) is 0 Å². The van der Waals surface area contributed by atoms with Crippen LogP contribution in [0.1, 0.15) is 32.3 Å². The van der Waals surface area contributed by atoms with E-state index in [0.29, 0.717) is 18.4 Å². The molecule has 0 unspecified atom stereocenters. The number of hydrogen-bond donors (Lipinski definition) is 0. The van der Waals surface area contributed by atoms with E-state index >= 15 is 0 Å². The molecule has 3 nitrogen and oxygen atoms in total. The van der Waals surface area contributed by atoms with Crippen LogP contribution in [-0.4, -0.2) is 16.6 Å². The summed E-state index contributed by atoms with van der Waals surface area (Å²) in [5.74, 6) is 1.12. The Hall–Kier alpha value is -1.12. The van der Waals surface area contributed by atoms with Crippen LogP contribution in [0.5, 0.6) is 5.88 Å². The first kappa shape index (κ1) is 8.97. The molecular weight excluding hydrogens is 152 g/mol. The van der Waals surface area contributed by atoms with Gasteiger partial charge in [0.2, 0.25) is 5.88 Å². The van der Waals surface area contributed by atoms with Crippen LogP contribution in [0.25, 0.3) is 0 Å². The second-order valence-electron chi connectivity index (χ2n) is 2.87. The van der Waals surface area contributed by atoms with Crippen molar-refractivity contribution in [1.29, 1.82) is 0 Å². The van der Waals surface area contributed by atoms with Gasteiger partial charge in [0.05, 0.1) is 6.61 Å². The topological polar surface area (TPSA) is 35.0 Å². The predicted molar refractivity (Wildman–Crippen MR) is 47.3 cm³/mol. The molecule has 12 heavy (non-hydrogen) atoms. The third-order valence-electron chi connectivity index (χ3n) is 1.61. The van der Waals surface area contributed by atoms with Gasteiger partial charge in [-0.05, 0) is 12.8 Å². The summed E-state index contributed by atoms with van der Waals surface area (Å²) in [7, 11) is 0. The smallest absolute Gasteiger partial charge is 0.219 e. The van der Waals surface area contributed by atoms with Crippen molar-refractivity contribution in [3.05, 3.63) is 18.1 Å². The lowest BCUT2D eigenvalue weighted by atomic mass is 10.1. The zero-order valence-corrected chi connectivity index (χ0v) is 7.74. The molecule has 0 aliphatic rings. The molecule has 0 saturated carbocycles. The van der Waals surface area contributed by atoms with Gasteiger partial charge in [-0.15, -0.1) is 0 Å². The van der Waals surface area contributed by atoms with Gasteiger partial charge in [-0.2, -0.15) is 0 Å². The van der Waals surface area contributed by atoms with E-state index in [0.717, 1.165) is 5.56 Å². The first-order chi connectivity index (χ1) is 5.75. The highest BCUT2D eigenvalue weighted by molar-refractivity contribution is 5.25. The second kappa shape index (κ2) is 4.04. The maximum Gasteiger partial charge on any atom is 0.219 e. The van der Waals surface area contributed by atoms with E-state index in [1.807, 2.05) is 13.1 Å². The van der Waals surface area contributed by atoms with Crippen molar-refractivity contribution in [2.45, 2.75) is 26.7 Å². The number of hydrogen-bond acceptors (Lipinski definition) is 3. The molecule has 0 saturated heterocycles. The minimum Gasteiger partial charge on any atom is -0.478 e. The molecule has 0 N–H and O–H groups in total. The Balaban J connectivity index is 2.92. The zero-order chi connectivity index (χ0) is 8.97. The normalized spacial score (nSPS) is 10.3. The average Bonchev–Trinajstić information content (AvgIpc) is 2.05. The van der Waals surface area contributed by atoms with Crippen LogP contribution < -0.4 is 4.74 Å². The van der Waals surface area contributed by atoms with Crippen molar-refractivity contribution in [3.8, 4) is 5.88 Å². The molecule has 3 heteroatoms. The van der Waals surface area contributed by atoms with E-state index in [2.05, 4.69) is 23.8 Å². The van der Waals surface area contributed by atoms with Crippen molar-refractivity contribution in [2.75, 3.05) is 6.61 Å². The van der Waals surface area contributed by atoms with Gasteiger partial charge in [0.15, 0.2) is 0 Å². The molecule has 1 rings (SSSR count). The molecule has 0 atom stereocenters. The fraction of sp³-hybridized carbons (Fsp3) is 0.556. The zero-order valence-electron chi connectivity index (χ0n) is 7.74. The average molecular weight is 166 g/mol. The number of aromatic nitrogens is 2. The van der Waals surface area contributed by atoms with Crippen molar-refractivity contribution >= 4 is 0 Å². The number of rotatable bonds is 3. The fourth-order valence-electron chi connectivity index (χ4n) is 0.983. The van der Waals surface area contributed by atoms with E-state index in [1.165, 1.54) is 6.33 Å². The Kier molecular flexibility index (Phi) is 3.02. The highest BCUT2D eigenvalue weighted by Crippen LogP contribution is 2.21. The van der Waals surface area contributed by atoms with Gasteiger partial charge in [-0.25, -0.2) is 9.97 Å². The quantitative estimate of drug-likeness (QED) is 0.688. The standard InChI is InChI=1S/C9H14N2O/c1-4-12-9-8(7(2)3)5-10-6-11-9/h5-7H,4H2,1-3H3. The summed E-state index contributed by atoms with van der Waals surface area (Å²) >= 11 is 0. The van der Waals surface area contributed by atoms with Crippen molar-refractivity contribution in [2.24, 2.45) is 0 Å². The molecule has 0 aliphatic heterocycles. The molecule has 0 spiro atoms. The minimum absolute atomic E-state index is 0.410. The highest BCUT2D eigenvalue weighted by Gasteiger charge is 2.07. The lowest BCUT2D eigenvalue weighted by molar-refractivity contribution is 0.320. The molecule has 0 bridgehead atoms. The van der Waals surface area contributed by atoms with Crippen molar-refractivity contribution in [1.82, 2.24) is 9.97 Å². The first-order valence-electron chi connectivity index (χ1n) is 4.18. The first-order valence-corrected chi connectivity index (χ1v) is 4.18. The van der Waals surface area contributed by atoms with Crippen LogP contribution in [0.3, 0.4) is 0 Å². The summed E-state index contributed by atoms with van der Waals surface area (Å²) in [6.45, 7) is 6.80. The van der Waals surface area contributed by atoms with Crippen LogP contribution in [0.15, 0.2) is 12.5 Å². The fourth-order valence-corrected chi connectivity index (χ4v) is 0.983. The van der Waals surface area contributed by atoms with Crippen LogP contribution >= 0.6 is 0 Å². The van der Waals surface area contributed by atoms with Gasteiger partial charge in [-0.3, -0.25) is 0 Å². The summed E-state index contributed by atoms with van der Waals surface area (Å²) in [6, 6.07) is 0. The Morgan fingerprint density at radius 1 is 1.50 bits per heavy atom. The van der Waals surface area contributed by atoms with Gasteiger partial charge in [-0.1, -0.05) is 13.8 Å². The van der Waals surface area contributed by atoms with Crippen molar-refractivity contribution < 1.29 is 4.74 Å². The lowest BCUT2D eigenvalue weighted by Gasteiger charge is -2.09. The van der Waals surface area contributed by atoms with E-state index in [1.54, 1.807) is 0 Å². The number of ether oxygens (including phenoxy) is 1. The molecule has 0 aliphatic carbocycles. The summed E-state index contributed by atoms with van der Waals surface area (Å²) in [5, 5.41) is 0. The Morgan fingerprint density at radius 3 is 2.83 bits per heavy atom. The molecule has 0 radical (unpaired) electrons. The van der Waals surface area contributed by atoms with Gasteiger partial charge in [0, 0.05) is 11.8 Å². The minimum atomic E-state index is 0.410. The summed E-state index contributed by atoms with van der Waals surface area (Å²) in [5.41, 5.74) is 1.07.